The lowest BCUT2D eigenvalue weighted by Gasteiger charge is -2.01. The van der Waals surface area contributed by atoms with Gasteiger partial charge in [-0.1, -0.05) is 53.8 Å². The third-order valence-electron chi connectivity index (χ3n) is 3.72. The fourth-order valence-electron chi connectivity index (χ4n) is 2.54. The van der Waals surface area contributed by atoms with E-state index in [0.717, 1.165) is 21.0 Å². The molecule has 0 atom stereocenters. The Bertz CT molecular complexity index is 1040. The van der Waals surface area contributed by atoms with Crippen LogP contribution in [0.25, 0.3) is 21.0 Å². The number of halogens is 1. The van der Waals surface area contributed by atoms with Crippen LogP contribution in [0.3, 0.4) is 0 Å². The molecule has 0 saturated heterocycles. The zero-order valence-electron chi connectivity index (χ0n) is 13.5. The van der Waals surface area contributed by atoms with E-state index in [9.17, 15) is 9.18 Å². The van der Waals surface area contributed by atoms with Gasteiger partial charge < -0.3 is 0 Å². The van der Waals surface area contributed by atoms with Crippen LogP contribution >= 0.6 is 22.7 Å². The van der Waals surface area contributed by atoms with Crippen LogP contribution in [0, 0.1) is 5.82 Å². The van der Waals surface area contributed by atoms with Crippen molar-refractivity contribution in [2.45, 2.75) is 0 Å². The molecule has 0 aliphatic carbocycles. The number of rotatable bonds is 4. The molecule has 0 bridgehead atoms. The summed E-state index contributed by atoms with van der Waals surface area (Å²) < 4.78 is 13.4. The molecule has 0 unspecified atom stereocenters. The molecule has 128 valence electrons. The first-order chi connectivity index (χ1) is 12.7. The third-order valence-corrected chi connectivity index (χ3v) is 5.62. The fraction of sp³-hybridized carbons (Fsp3) is 0. The number of aromatic nitrogens is 1. The Morgan fingerprint density at radius 1 is 1.00 bits per heavy atom. The van der Waals surface area contributed by atoms with Crippen LogP contribution in [0.5, 0.6) is 0 Å². The summed E-state index contributed by atoms with van der Waals surface area (Å²) in [5.41, 5.74) is 2.14. The standard InChI is InChI=1S/C20H13FN2OS2/c21-15-9-4-8-14(12-15)19(24)23-20-22-17(16-10-5-11-25-16)18(26-20)13-6-2-1-3-7-13/h1-12H,(H,22,23,24). The number of hydrogen-bond donors (Lipinski definition) is 1. The molecular formula is C20H13FN2OS2. The van der Waals surface area contributed by atoms with Gasteiger partial charge in [0.05, 0.1) is 9.75 Å². The molecule has 0 spiro atoms. The summed E-state index contributed by atoms with van der Waals surface area (Å²) in [6.45, 7) is 0. The molecule has 4 rings (SSSR count). The average molecular weight is 380 g/mol. The Hall–Kier alpha value is -2.83. The van der Waals surface area contributed by atoms with Gasteiger partial charge in [-0.15, -0.1) is 11.3 Å². The number of nitrogens with zero attached hydrogens (tertiary/aromatic N) is 1. The van der Waals surface area contributed by atoms with E-state index in [4.69, 9.17) is 0 Å². The summed E-state index contributed by atoms with van der Waals surface area (Å²) in [4.78, 5) is 19.0. The monoisotopic (exact) mass is 380 g/mol. The maximum atomic E-state index is 13.4. The molecule has 0 aliphatic rings. The summed E-state index contributed by atoms with van der Waals surface area (Å²) in [5.74, 6) is -0.823. The Balaban J connectivity index is 1.70. The van der Waals surface area contributed by atoms with E-state index < -0.39 is 5.82 Å². The molecule has 1 N–H and O–H groups in total. The Morgan fingerprint density at radius 3 is 2.58 bits per heavy atom. The Morgan fingerprint density at radius 2 is 1.85 bits per heavy atom. The second-order valence-corrected chi connectivity index (χ2v) is 7.45. The van der Waals surface area contributed by atoms with Gasteiger partial charge in [-0.25, -0.2) is 9.37 Å². The van der Waals surface area contributed by atoms with E-state index in [-0.39, 0.29) is 11.5 Å². The zero-order chi connectivity index (χ0) is 17.9. The van der Waals surface area contributed by atoms with Crippen molar-refractivity contribution in [1.29, 1.82) is 0 Å². The predicted octanol–water partition coefficient (Wildman–Crippen LogP) is 5.93. The molecule has 3 nitrogen and oxygen atoms in total. The molecule has 26 heavy (non-hydrogen) atoms. The van der Waals surface area contributed by atoms with Gasteiger partial charge in [0.25, 0.3) is 5.91 Å². The molecule has 0 radical (unpaired) electrons. The molecule has 4 aromatic rings. The highest BCUT2D eigenvalue weighted by Gasteiger charge is 2.17. The number of thiophene rings is 1. The summed E-state index contributed by atoms with van der Waals surface area (Å²) in [6, 6.07) is 19.5. The first kappa shape index (κ1) is 16.6. The van der Waals surface area contributed by atoms with Crippen molar-refractivity contribution in [2.24, 2.45) is 0 Å². The topological polar surface area (TPSA) is 42.0 Å². The molecule has 2 heterocycles. The number of nitrogens with one attached hydrogen (secondary N) is 1. The summed E-state index contributed by atoms with van der Waals surface area (Å²) >= 11 is 3.01. The van der Waals surface area contributed by atoms with Crippen LogP contribution in [0.15, 0.2) is 72.1 Å². The smallest absolute Gasteiger partial charge is 0.257 e. The van der Waals surface area contributed by atoms with Gasteiger partial charge >= 0.3 is 0 Å². The molecule has 0 fully saturated rings. The molecule has 0 saturated carbocycles. The van der Waals surface area contributed by atoms with Crippen molar-refractivity contribution in [2.75, 3.05) is 5.32 Å². The van der Waals surface area contributed by atoms with Gasteiger partial charge in [0.15, 0.2) is 5.13 Å². The lowest BCUT2D eigenvalue weighted by molar-refractivity contribution is 0.102. The number of anilines is 1. The molecule has 2 aromatic carbocycles. The summed E-state index contributed by atoms with van der Waals surface area (Å²) in [6.07, 6.45) is 0. The molecular weight excluding hydrogens is 367 g/mol. The van der Waals surface area contributed by atoms with Crippen molar-refractivity contribution in [3.8, 4) is 21.0 Å². The number of benzene rings is 2. The fourth-order valence-corrected chi connectivity index (χ4v) is 4.30. The van der Waals surface area contributed by atoms with E-state index in [1.807, 2.05) is 47.8 Å². The number of hydrogen-bond acceptors (Lipinski definition) is 4. The maximum absolute atomic E-state index is 13.4. The minimum atomic E-state index is -0.443. The van der Waals surface area contributed by atoms with E-state index in [1.165, 1.54) is 29.5 Å². The zero-order valence-corrected chi connectivity index (χ0v) is 15.1. The van der Waals surface area contributed by atoms with Crippen molar-refractivity contribution in [3.05, 3.63) is 83.5 Å². The van der Waals surface area contributed by atoms with Gasteiger partial charge in [0.1, 0.15) is 11.5 Å². The summed E-state index contributed by atoms with van der Waals surface area (Å²) in [5, 5.41) is 5.27. The highest BCUT2D eigenvalue weighted by atomic mass is 32.1. The quantitative estimate of drug-likeness (QED) is 0.477. The lowest BCUT2D eigenvalue weighted by atomic mass is 10.1. The molecule has 1 amide bonds. The van der Waals surface area contributed by atoms with Gasteiger partial charge in [-0.3, -0.25) is 10.1 Å². The SMILES string of the molecule is O=C(Nc1nc(-c2cccs2)c(-c2ccccc2)s1)c1cccc(F)c1. The van der Waals surface area contributed by atoms with Crippen LogP contribution in [-0.4, -0.2) is 10.9 Å². The van der Waals surface area contributed by atoms with Crippen LogP contribution in [-0.2, 0) is 0 Å². The lowest BCUT2D eigenvalue weighted by Crippen LogP contribution is -2.11. The molecule has 0 aliphatic heterocycles. The third kappa shape index (κ3) is 3.42. The first-order valence-corrected chi connectivity index (χ1v) is 9.57. The van der Waals surface area contributed by atoms with E-state index >= 15 is 0 Å². The van der Waals surface area contributed by atoms with Crippen molar-refractivity contribution < 1.29 is 9.18 Å². The van der Waals surface area contributed by atoms with E-state index in [2.05, 4.69) is 10.3 Å². The maximum Gasteiger partial charge on any atom is 0.257 e. The average Bonchev–Trinajstić information content (AvgIpc) is 3.32. The molecule has 6 heteroatoms. The van der Waals surface area contributed by atoms with E-state index in [0.29, 0.717) is 5.13 Å². The van der Waals surface area contributed by atoms with Crippen LogP contribution in [0.4, 0.5) is 9.52 Å². The van der Waals surface area contributed by atoms with Gasteiger partial charge in [0, 0.05) is 5.56 Å². The van der Waals surface area contributed by atoms with Gasteiger partial charge in [-0.2, -0.15) is 0 Å². The van der Waals surface area contributed by atoms with Crippen molar-refractivity contribution in [3.63, 3.8) is 0 Å². The number of amides is 1. The largest absolute Gasteiger partial charge is 0.298 e. The Labute approximate surface area is 157 Å². The second kappa shape index (κ2) is 7.19. The highest BCUT2D eigenvalue weighted by molar-refractivity contribution is 7.20. The summed E-state index contributed by atoms with van der Waals surface area (Å²) in [7, 11) is 0. The van der Waals surface area contributed by atoms with Gasteiger partial charge in [-0.05, 0) is 35.2 Å². The van der Waals surface area contributed by atoms with E-state index in [1.54, 1.807) is 17.4 Å². The van der Waals surface area contributed by atoms with Crippen LogP contribution < -0.4 is 5.32 Å². The minimum Gasteiger partial charge on any atom is -0.298 e. The highest BCUT2D eigenvalue weighted by Crippen LogP contribution is 2.40. The normalized spacial score (nSPS) is 10.7. The van der Waals surface area contributed by atoms with Crippen LogP contribution in [0.1, 0.15) is 10.4 Å². The number of carbonyl (C=O) groups is 1. The van der Waals surface area contributed by atoms with Gasteiger partial charge in [0.2, 0.25) is 0 Å². The predicted molar refractivity (Wildman–Crippen MR) is 105 cm³/mol. The number of carbonyl (C=O) groups excluding carboxylic acids is 1. The minimum absolute atomic E-state index is 0.263. The Kier molecular flexibility index (Phi) is 4.60. The van der Waals surface area contributed by atoms with Crippen molar-refractivity contribution >= 4 is 33.7 Å². The molecule has 2 aromatic heterocycles. The number of thiazole rings is 1. The van der Waals surface area contributed by atoms with Crippen molar-refractivity contribution in [1.82, 2.24) is 4.98 Å². The second-order valence-electron chi connectivity index (χ2n) is 5.50. The first-order valence-electron chi connectivity index (χ1n) is 7.88. The van der Waals surface area contributed by atoms with Crippen LogP contribution in [0.2, 0.25) is 0 Å².